The van der Waals surface area contributed by atoms with Gasteiger partial charge in [0, 0.05) is 26.9 Å². The fraction of sp³-hybridized carbons (Fsp3) is 0.154. The van der Waals surface area contributed by atoms with Crippen LogP contribution < -0.4 is 0 Å². The number of phenols is 1. The van der Waals surface area contributed by atoms with E-state index in [4.69, 9.17) is 23.2 Å². The maximum Gasteiger partial charge on any atom is 0.134 e. The average Bonchev–Trinajstić information content (AvgIpc) is 2.30. The number of phenolic OH excluding ortho intramolecular Hbond substituents is 1. The standard InChI is InChI=1S/C13H11Cl2NOS/c1-8-6-12(14)11(13(15)16-8)7-18-10-4-2-9(17)3-5-10/h2-6,17H,7H2,1H3. The number of rotatable bonds is 3. The summed E-state index contributed by atoms with van der Waals surface area (Å²) in [5.41, 5.74) is 1.64. The van der Waals surface area contributed by atoms with Crippen LogP contribution in [0.2, 0.25) is 10.2 Å². The van der Waals surface area contributed by atoms with Crippen molar-refractivity contribution in [3.8, 4) is 5.75 Å². The summed E-state index contributed by atoms with van der Waals surface area (Å²) in [4.78, 5) is 5.23. The summed E-state index contributed by atoms with van der Waals surface area (Å²) < 4.78 is 0. The van der Waals surface area contributed by atoms with Gasteiger partial charge in [-0.2, -0.15) is 0 Å². The Balaban J connectivity index is 2.13. The van der Waals surface area contributed by atoms with Crippen molar-refractivity contribution in [2.45, 2.75) is 17.6 Å². The van der Waals surface area contributed by atoms with E-state index in [0.29, 0.717) is 15.9 Å². The fourth-order valence-electron chi connectivity index (χ4n) is 1.45. The molecule has 0 atom stereocenters. The Morgan fingerprint density at radius 2 is 1.89 bits per heavy atom. The molecule has 0 aliphatic heterocycles. The Morgan fingerprint density at radius 3 is 2.50 bits per heavy atom. The summed E-state index contributed by atoms with van der Waals surface area (Å²) in [6, 6.07) is 8.81. The second kappa shape index (κ2) is 5.83. The molecule has 2 aromatic rings. The van der Waals surface area contributed by atoms with Crippen molar-refractivity contribution in [1.82, 2.24) is 4.98 Å². The molecule has 0 amide bonds. The lowest BCUT2D eigenvalue weighted by Gasteiger charge is -2.07. The van der Waals surface area contributed by atoms with Crippen molar-refractivity contribution in [2.75, 3.05) is 0 Å². The van der Waals surface area contributed by atoms with E-state index in [1.165, 1.54) is 0 Å². The predicted molar refractivity (Wildman–Crippen MR) is 76.7 cm³/mol. The van der Waals surface area contributed by atoms with Gasteiger partial charge in [-0.3, -0.25) is 0 Å². The zero-order valence-corrected chi connectivity index (χ0v) is 12.0. The van der Waals surface area contributed by atoms with E-state index in [9.17, 15) is 5.11 Å². The zero-order valence-electron chi connectivity index (χ0n) is 9.65. The Labute approximate surface area is 120 Å². The molecule has 5 heteroatoms. The van der Waals surface area contributed by atoms with E-state index in [2.05, 4.69) is 4.98 Å². The number of aromatic nitrogens is 1. The summed E-state index contributed by atoms with van der Waals surface area (Å²) in [7, 11) is 0. The van der Waals surface area contributed by atoms with E-state index >= 15 is 0 Å². The molecule has 0 saturated heterocycles. The first kappa shape index (κ1) is 13.5. The number of nitrogens with zero attached hydrogens (tertiary/aromatic N) is 1. The summed E-state index contributed by atoms with van der Waals surface area (Å²) >= 11 is 13.8. The molecule has 0 spiro atoms. The third kappa shape index (κ3) is 3.31. The quantitative estimate of drug-likeness (QED) is 0.659. The van der Waals surface area contributed by atoms with Gasteiger partial charge in [-0.15, -0.1) is 11.8 Å². The minimum Gasteiger partial charge on any atom is -0.508 e. The molecular weight excluding hydrogens is 289 g/mol. The molecule has 0 aliphatic rings. The van der Waals surface area contributed by atoms with Gasteiger partial charge in [-0.05, 0) is 37.3 Å². The van der Waals surface area contributed by atoms with Crippen molar-refractivity contribution < 1.29 is 5.11 Å². The van der Waals surface area contributed by atoms with Gasteiger partial charge in [0.15, 0.2) is 0 Å². The predicted octanol–water partition coefficient (Wildman–Crippen LogP) is 4.69. The van der Waals surface area contributed by atoms with Crippen LogP contribution in [0.5, 0.6) is 5.75 Å². The SMILES string of the molecule is Cc1cc(Cl)c(CSc2ccc(O)cc2)c(Cl)n1. The highest BCUT2D eigenvalue weighted by Gasteiger charge is 2.09. The van der Waals surface area contributed by atoms with Crippen LogP contribution in [0.25, 0.3) is 0 Å². The molecule has 0 aliphatic carbocycles. The molecule has 0 bridgehead atoms. The van der Waals surface area contributed by atoms with Crippen LogP contribution in [-0.2, 0) is 5.75 Å². The molecule has 1 aromatic carbocycles. The topological polar surface area (TPSA) is 33.1 Å². The van der Waals surface area contributed by atoms with Gasteiger partial charge < -0.3 is 5.11 Å². The first-order valence-electron chi connectivity index (χ1n) is 5.29. The van der Waals surface area contributed by atoms with Gasteiger partial charge >= 0.3 is 0 Å². The first-order chi connectivity index (χ1) is 8.56. The highest BCUT2D eigenvalue weighted by atomic mass is 35.5. The van der Waals surface area contributed by atoms with E-state index in [0.717, 1.165) is 16.2 Å². The molecule has 0 fully saturated rings. The average molecular weight is 300 g/mol. The molecule has 2 nitrogen and oxygen atoms in total. The van der Waals surface area contributed by atoms with Crippen LogP contribution in [0.1, 0.15) is 11.3 Å². The highest BCUT2D eigenvalue weighted by Crippen LogP contribution is 2.31. The van der Waals surface area contributed by atoms with Crippen LogP contribution in [0, 0.1) is 6.92 Å². The second-order valence-corrected chi connectivity index (χ2v) is 5.61. The zero-order chi connectivity index (χ0) is 13.1. The number of hydrogen-bond donors (Lipinski definition) is 1. The lowest BCUT2D eigenvalue weighted by molar-refractivity contribution is 0.475. The molecule has 1 heterocycles. The molecule has 2 rings (SSSR count). The Morgan fingerprint density at radius 1 is 1.22 bits per heavy atom. The van der Waals surface area contributed by atoms with Gasteiger partial charge in [-0.1, -0.05) is 23.2 Å². The molecular formula is C13H11Cl2NOS. The Bertz CT molecular complexity index is 534. The number of pyridine rings is 1. The molecule has 94 valence electrons. The fourth-order valence-corrected chi connectivity index (χ4v) is 3.20. The number of hydrogen-bond acceptors (Lipinski definition) is 3. The summed E-state index contributed by atoms with van der Waals surface area (Å²) in [6.07, 6.45) is 0. The van der Waals surface area contributed by atoms with Crippen LogP contribution in [0.3, 0.4) is 0 Å². The van der Waals surface area contributed by atoms with E-state index in [-0.39, 0.29) is 5.75 Å². The van der Waals surface area contributed by atoms with Crippen molar-refractivity contribution in [2.24, 2.45) is 0 Å². The van der Waals surface area contributed by atoms with Gasteiger partial charge in [0.2, 0.25) is 0 Å². The van der Waals surface area contributed by atoms with Gasteiger partial charge in [0.1, 0.15) is 10.9 Å². The van der Waals surface area contributed by atoms with Crippen molar-refractivity contribution in [3.05, 3.63) is 51.8 Å². The highest BCUT2D eigenvalue weighted by molar-refractivity contribution is 7.98. The van der Waals surface area contributed by atoms with Gasteiger partial charge in [-0.25, -0.2) is 4.98 Å². The monoisotopic (exact) mass is 299 g/mol. The largest absolute Gasteiger partial charge is 0.508 e. The number of benzene rings is 1. The maximum absolute atomic E-state index is 9.20. The maximum atomic E-state index is 9.20. The minimum absolute atomic E-state index is 0.257. The molecule has 18 heavy (non-hydrogen) atoms. The van der Waals surface area contributed by atoms with Crippen LogP contribution >= 0.6 is 35.0 Å². The lowest BCUT2D eigenvalue weighted by Crippen LogP contribution is -1.91. The van der Waals surface area contributed by atoms with Crippen LogP contribution in [0.15, 0.2) is 35.2 Å². The van der Waals surface area contributed by atoms with Crippen molar-refractivity contribution >= 4 is 35.0 Å². The van der Waals surface area contributed by atoms with Crippen molar-refractivity contribution in [3.63, 3.8) is 0 Å². The number of halogens is 2. The Hall–Kier alpha value is -0.900. The van der Waals surface area contributed by atoms with Crippen LogP contribution in [0.4, 0.5) is 0 Å². The lowest BCUT2D eigenvalue weighted by atomic mass is 10.3. The van der Waals surface area contributed by atoms with Gasteiger partial charge in [0.05, 0.1) is 0 Å². The minimum atomic E-state index is 0.257. The number of aromatic hydroxyl groups is 1. The molecule has 1 N–H and O–H groups in total. The first-order valence-corrected chi connectivity index (χ1v) is 7.04. The third-order valence-corrected chi connectivity index (χ3v) is 4.06. The summed E-state index contributed by atoms with van der Waals surface area (Å²) in [5, 5.41) is 10.3. The van der Waals surface area contributed by atoms with E-state index in [1.807, 2.05) is 19.1 Å². The molecule has 1 aromatic heterocycles. The number of thioether (sulfide) groups is 1. The van der Waals surface area contributed by atoms with Crippen LogP contribution in [-0.4, -0.2) is 10.1 Å². The smallest absolute Gasteiger partial charge is 0.134 e. The normalized spacial score (nSPS) is 10.6. The third-order valence-electron chi connectivity index (χ3n) is 2.37. The molecule has 0 radical (unpaired) electrons. The van der Waals surface area contributed by atoms with Gasteiger partial charge in [0.25, 0.3) is 0 Å². The summed E-state index contributed by atoms with van der Waals surface area (Å²) in [5.74, 6) is 0.905. The Kier molecular flexibility index (Phi) is 4.38. The second-order valence-electron chi connectivity index (χ2n) is 3.80. The molecule has 0 saturated carbocycles. The summed E-state index contributed by atoms with van der Waals surface area (Å²) in [6.45, 7) is 1.86. The van der Waals surface area contributed by atoms with Crippen molar-refractivity contribution in [1.29, 1.82) is 0 Å². The van der Waals surface area contributed by atoms with E-state index < -0.39 is 0 Å². The number of aryl methyl sites for hydroxylation is 1. The molecule has 0 unspecified atom stereocenters. The van der Waals surface area contributed by atoms with E-state index in [1.54, 1.807) is 30.0 Å².